The van der Waals surface area contributed by atoms with Gasteiger partial charge in [0.15, 0.2) is 0 Å². The molecular weight excluding hydrogens is 358 g/mol. The molecule has 4 rings (SSSR count). The van der Waals surface area contributed by atoms with Gasteiger partial charge < -0.3 is 16.2 Å². The molecule has 27 heavy (non-hydrogen) atoms. The molecule has 1 aromatic heterocycles. The lowest BCUT2D eigenvalue weighted by molar-refractivity contribution is 0.196. The Morgan fingerprint density at radius 2 is 1.67 bits per heavy atom. The first-order valence-corrected chi connectivity index (χ1v) is 8.75. The van der Waals surface area contributed by atoms with Crippen LogP contribution in [0, 0.1) is 0 Å². The minimum absolute atomic E-state index is 0. The van der Waals surface area contributed by atoms with E-state index >= 15 is 0 Å². The van der Waals surface area contributed by atoms with Gasteiger partial charge in [-0.05, 0) is 29.0 Å². The van der Waals surface area contributed by atoms with Crippen molar-refractivity contribution in [3.63, 3.8) is 0 Å². The summed E-state index contributed by atoms with van der Waals surface area (Å²) < 4.78 is 0. The van der Waals surface area contributed by atoms with Crippen molar-refractivity contribution in [2.75, 3.05) is 18.4 Å². The van der Waals surface area contributed by atoms with Crippen molar-refractivity contribution in [3.05, 3.63) is 72.8 Å². The zero-order chi connectivity index (χ0) is 17.9. The molecule has 138 valence electrons. The summed E-state index contributed by atoms with van der Waals surface area (Å²) in [6, 6.07) is 24.7. The van der Waals surface area contributed by atoms with Gasteiger partial charge in [0.05, 0.1) is 17.3 Å². The standard InChI is InChI=1S/C22H21N3O.ClH/c23-13-18(26)14-24-22-12-21(25-20-8-4-3-7-19(20)22)17-10-9-15-5-1-2-6-16(15)11-17;/h1-12,18,26H,13-14,23H2,(H,24,25);1H. The average molecular weight is 380 g/mol. The third-order valence-electron chi connectivity index (χ3n) is 4.56. The fourth-order valence-corrected chi connectivity index (χ4v) is 3.13. The maximum Gasteiger partial charge on any atom is 0.0834 e. The van der Waals surface area contributed by atoms with E-state index < -0.39 is 6.10 Å². The van der Waals surface area contributed by atoms with Gasteiger partial charge in [-0.3, -0.25) is 0 Å². The predicted molar refractivity (Wildman–Crippen MR) is 115 cm³/mol. The number of aliphatic hydroxyl groups is 1. The number of hydrogen-bond donors (Lipinski definition) is 3. The number of aromatic nitrogens is 1. The molecule has 1 unspecified atom stereocenters. The molecule has 0 fully saturated rings. The Labute approximate surface area is 164 Å². The number of para-hydroxylation sites is 1. The fraction of sp³-hybridized carbons (Fsp3) is 0.136. The molecule has 0 aliphatic carbocycles. The summed E-state index contributed by atoms with van der Waals surface area (Å²) >= 11 is 0. The van der Waals surface area contributed by atoms with Crippen LogP contribution in [0.1, 0.15) is 0 Å². The second kappa shape index (κ2) is 8.35. The van der Waals surface area contributed by atoms with E-state index in [1.165, 1.54) is 10.8 Å². The number of pyridine rings is 1. The zero-order valence-corrected chi connectivity index (χ0v) is 15.6. The smallest absolute Gasteiger partial charge is 0.0834 e. The number of fused-ring (bicyclic) bond motifs is 2. The second-order valence-electron chi connectivity index (χ2n) is 6.40. The van der Waals surface area contributed by atoms with Crippen LogP contribution in [0.2, 0.25) is 0 Å². The summed E-state index contributed by atoms with van der Waals surface area (Å²) in [4.78, 5) is 4.83. The van der Waals surface area contributed by atoms with Gasteiger partial charge in [0.2, 0.25) is 0 Å². The normalized spacial score (nSPS) is 11.9. The number of benzene rings is 3. The summed E-state index contributed by atoms with van der Waals surface area (Å²) in [6.07, 6.45) is -0.578. The fourth-order valence-electron chi connectivity index (χ4n) is 3.13. The summed E-state index contributed by atoms with van der Waals surface area (Å²) in [5, 5.41) is 16.5. The van der Waals surface area contributed by atoms with Gasteiger partial charge in [0, 0.05) is 29.7 Å². The molecule has 1 heterocycles. The number of hydrogen-bond acceptors (Lipinski definition) is 4. The highest BCUT2D eigenvalue weighted by atomic mass is 35.5. The number of anilines is 1. The van der Waals surface area contributed by atoms with E-state index in [1.54, 1.807) is 0 Å². The average Bonchev–Trinajstić information content (AvgIpc) is 2.71. The predicted octanol–water partition coefficient (Wildman–Crippen LogP) is 4.21. The number of nitrogens with one attached hydrogen (secondary N) is 1. The number of halogens is 1. The Morgan fingerprint density at radius 3 is 2.48 bits per heavy atom. The largest absolute Gasteiger partial charge is 0.390 e. The van der Waals surface area contributed by atoms with Crippen LogP contribution >= 0.6 is 12.4 Å². The van der Waals surface area contributed by atoms with E-state index in [-0.39, 0.29) is 19.0 Å². The summed E-state index contributed by atoms with van der Waals surface area (Å²) in [5.41, 5.74) is 9.36. The van der Waals surface area contributed by atoms with Crippen LogP contribution in [0.5, 0.6) is 0 Å². The van der Waals surface area contributed by atoms with Gasteiger partial charge in [-0.2, -0.15) is 0 Å². The molecule has 3 aromatic carbocycles. The van der Waals surface area contributed by atoms with Gasteiger partial charge >= 0.3 is 0 Å². The molecule has 4 nitrogen and oxygen atoms in total. The van der Waals surface area contributed by atoms with Crippen molar-refractivity contribution >= 4 is 39.8 Å². The van der Waals surface area contributed by atoms with Crippen molar-refractivity contribution in [1.29, 1.82) is 0 Å². The zero-order valence-electron chi connectivity index (χ0n) is 14.8. The van der Waals surface area contributed by atoms with Crippen LogP contribution in [-0.4, -0.2) is 29.3 Å². The molecule has 0 radical (unpaired) electrons. The summed E-state index contributed by atoms with van der Waals surface area (Å²) in [7, 11) is 0. The molecule has 4 aromatic rings. The molecule has 0 amide bonds. The molecule has 1 atom stereocenters. The molecule has 0 aliphatic rings. The first kappa shape index (κ1) is 19.1. The first-order chi connectivity index (χ1) is 12.7. The second-order valence-corrected chi connectivity index (χ2v) is 6.40. The molecule has 0 bridgehead atoms. The minimum atomic E-state index is -0.578. The first-order valence-electron chi connectivity index (χ1n) is 8.75. The van der Waals surface area contributed by atoms with E-state index in [4.69, 9.17) is 10.7 Å². The van der Waals surface area contributed by atoms with Crippen molar-refractivity contribution in [2.45, 2.75) is 6.10 Å². The van der Waals surface area contributed by atoms with Crippen molar-refractivity contribution in [3.8, 4) is 11.3 Å². The van der Waals surface area contributed by atoms with Gasteiger partial charge in [-0.1, -0.05) is 54.6 Å². The van der Waals surface area contributed by atoms with Crippen LogP contribution in [0.15, 0.2) is 72.8 Å². The Bertz CT molecular complexity index is 1070. The van der Waals surface area contributed by atoms with Crippen LogP contribution in [-0.2, 0) is 0 Å². The highest BCUT2D eigenvalue weighted by Gasteiger charge is 2.09. The Hall–Kier alpha value is -2.66. The quantitative estimate of drug-likeness (QED) is 0.485. The molecule has 0 saturated carbocycles. The highest BCUT2D eigenvalue weighted by Crippen LogP contribution is 2.30. The number of nitrogens with zero attached hydrogens (tertiary/aromatic N) is 1. The third-order valence-corrected chi connectivity index (χ3v) is 4.56. The van der Waals surface area contributed by atoms with Crippen molar-refractivity contribution in [2.24, 2.45) is 5.73 Å². The van der Waals surface area contributed by atoms with Gasteiger partial charge in [0.1, 0.15) is 0 Å². The van der Waals surface area contributed by atoms with Gasteiger partial charge in [-0.15, -0.1) is 12.4 Å². The minimum Gasteiger partial charge on any atom is -0.390 e. The molecule has 5 heteroatoms. The molecule has 0 spiro atoms. The lowest BCUT2D eigenvalue weighted by atomic mass is 10.0. The van der Waals surface area contributed by atoms with E-state index in [2.05, 4.69) is 35.6 Å². The lowest BCUT2D eigenvalue weighted by Crippen LogP contribution is -2.27. The lowest BCUT2D eigenvalue weighted by Gasteiger charge is -2.14. The Balaban J connectivity index is 0.00000210. The monoisotopic (exact) mass is 379 g/mol. The van der Waals surface area contributed by atoms with Crippen molar-refractivity contribution < 1.29 is 5.11 Å². The van der Waals surface area contributed by atoms with Crippen LogP contribution < -0.4 is 11.1 Å². The molecule has 0 aliphatic heterocycles. The third kappa shape index (κ3) is 4.03. The van der Waals surface area contributed by atoms with Gasteiger partial charge in [-0.25, -0.2) is 4.98 Å². The van der Waals surface area contributed by atoms with E-state index in [0.29, 0.717) is 6.54 Å². The maximum atomic E-state index is 9.79. The maximum absolute atomic E-state index is 9.79. The number of nitrogens with two attached hydrogens (primary N) is 1. The van der Waals surface area contributed by atoms with Gasteiger partial charge in [0.25, 0.3) is 0 Å². The van der Waals surface area contributed by atoms with Crippen LogP contribution in [0.25, 0.3) is 32.9 Å². The summed E-state index contributed by atoms with van der Waals surface area (Å²) in [6.45, 7) is 0.634. The number of rotatable bonds is 5. The molecular formula is C22H22ClN3O. The number of aliphatic hydroxyl groups excluding tert-OH is 1. The highest BCUT2D eigenvalue weighted by molar-refractivity contribution is 5.95. The van der Waals surface area contributed by atoms with Crippen LogP contribution in [0.4, 0.5) is 5.69 Å². The molecule has 4 N–H and O–H groups in total. The van der Waals surface area contributed by atoms with E-state index in [0.717, 1.165) is 27.8 Å². The van der Waals surface area contributed by atoms with Crippen LogP contribution in [0.3, 0.4) is 0 Å². The Morgan fingerprint density at radius 1 is 0.926 bits per heavy atom. The van der Waals surface area contributed by atoms with E-state index in [9.17, 15) is 5.11 Å². The topological polar surface area (TPSA) is 71.2 Å². The SMILES string of the molecule is Cl.NCC(O)CNc1cc(-c2ccc3ccccc3c2)nc2ccccc12. The molecule has 0 saturated heterocycles. The van der Waals surface area contributed by atoms with E-state index in [1.807, 2.05) is 42.5 Å². The van der Waals surface area contributed by atoms with Crippen molar-refractivity contribution in [1.82, 2.24) is 4.98 Å². The summed E-state index contributed by atoms with van der Waals surface area (Å²) in [5.74, 6) is 0. The Kier molecular flexibility index (Phi) is 5.91.